The molecule has 1 amide bonds. The highest BCUT2D eigenvalue weighted by Gasteiger charge is 2.12. The molecule has 0 fully saturated rings. The lowest BCUT2D eigenvalue weighted by Crippen LogP contribution is -2.10. The maximum Gasteiger partial charge on any atom is 0.247 e. The summed E-state index contributed by atoms with van der Waals surface area (Å²) in [6.07, 6.45) is 1.22. The number of carbonyl (C=O) groups excluding carboxylic acids is 1. The first-order valence-electron chi connectivity index (χ1n) is 9.97. The number of carbonyl (C=O) groups is 1. The Labute approximate surface area is 190 Å². The Morgan fingerprint density at radius 2 is 1.94 bits per heavy atom. The lowest BCUT2D eigenvalue weighted by atomic mass is 10.2. The third-order valence-corrected chi connectivity index (χ3v) is 5.37. The van der Waals surface area contributed by atoms with E-state index in [0.717, 1.165) is 22.4 Å². The van der Waals surface area contributed by atoms with E-state index in [1.807, 2.05) is 43.7 Å². The van der Waals surface area contributed by atoms with E-state index >= 15 is 0 Å². The molecular weight excluding hydrogens is 422 g/mol. The molecule has 0 aliphatic carbocycles. The van der Waals surface area contributed by atoms with Gasteiger partial charge in [-0.3, -0.25) is 4.79 Å². The molecule has 2 aromatic carbocycles. The van der Waals surface area contributed by atoms with Crippen molar-refractivity contribution in [3.05, 3.63) is 78.2 Å². The lowest BCUT2D eigenvalue weighted by Gasteiger charge is -2.12. The second-order valence-corrected chi connectivity index (χ2v) is 8.29. The molecule has 0 bridgehead atoms. The molecule has 0 aliphatic heterocycles. The predicted molar refractivity (Wildman–Crippen MR) is 130 cm³/mol. The van der Waals surface area contributed by atoms with Crippen LogP contribution in [0.5, 0.6) is 11.6 Å². The van der Waals surface area contributed by atoms with Gasteiger partial charge in [0, 0.05) is 24.0 Å². The Morgan fingerprint density at radius 1 is 1.12 bits per heavy atom. The highest BCUT2D eigenvalue weighted by atomic mass is 32.1. The molecule has 8 heteroatoms. The van der Waals surface area contributed by atoms with Crippen molar-refractivity contribution in [2.45, 2.75) is 6.54 Å². The molecule has 0 atom stereocenters. The zero-order valence-electron chi connectivity index (χ0n) is 17.8. The number of benzene rings is 2. The lowest BCUT2D eigenvalue weighted by molar-refractivity contribution is -0.111. The van der Waals surface area contributed by atoms with Crippen LogP contribution in [0.15, 0.2) is 72.6 Å². The van der Waals surface area contributed by atoms with Gasteiger partial charge >= 0.3 is 0 Å². The number of nitrogens with one attached hydrogen (secondary N) is 2. The minimum atomic E-state index is -0.284. The number of nitrogens with zero attached hydrogens (tertiary/aromatic N) is 3. The molecule has 162 valence electrons. The van der Waals surface area contributed by atoms with E-state index in [1.54, 1.807) is 18.2 Å². The van der Waals surface area contributed by atoms with Crippen LogP contribution in [0.25, 0.3) is 10.2 Å². The van der Waals surface area contributed by atoms with E-state index in [9.17, 15) is 4.79 Å². The monoisotopic (exact) mass is 445 g/mol. The number of fused-ring (bicyclic) bond motifs is 1. The SMILES string of the molecule is C=CC(=O)Nc1cccc(Oc2nc(Nc3ccc(CN(C)C)cc3)nc3ccsc23)c1. The molecule has 2 N–H and O–H groups in total. The third kappa shape index (κ3) is 5.29. The topological polar surface area (TPSA) is 79.4 Å². The van der Waals surface area contributed by atoms with Gasteiger partial charge in [-0.15, -0.1) is 11.3 Å². The van der Waals surface area contributed by atoms with Crippen molar-refractivity contribution in [3.63, 3.8) is 0 Å². The summed E-state index contributed by atoms with van der Waals surface area (Å²) in [5.41, 5.74) is 3.52. The molecule has 0 spiro atoms. The zero-order valence-corrected chi connectivity index (χ0v) is 18.6. The largest absolute Gasteiger partial charge is 0.437 e. The maximum atomic E-state index is 11.6. The fourth-order valence-electron chi connectivity index (χ4n) is 3.09. The highest BCUT2D eigenvalue weighted by molar-refractivity contribution is 7.17. The molecule has 0 saturated heterocycles. The minimum Gasteiger partial charge on any atom is -0.437 e. The van der Waals surface area contributed by atoms with Crippen LogP contribution in [-0.2, 0) is 11.3 Å². The van der Waals surface area contributed by atoms with Gasteiger partial charge < -0.3 is 20.3 Å². The molecule has 0 saturated carbocycles. The number of aromatic nitrogens is 2. The minimum absolute atomic E-state index is 0.284. The van der Waals surface area contributed by atoms with Crippen molar-refractivity contribution in [1.29, 1.82) is 0 Å². The summed E-state index contributed by atoms with van der Waals surface area (Å²) in [6.45, 7) is 4.35. The van der Waals surface area contributed by atoms with E-state index in [4.69, 9.17) is 4.74 Å². The van der Waals surface area contributed by atoms with Crippen molar-refractivity contribution in [2.75, 3.05) is 24.7 Å². The van der Waals surface area contributed by atoms with Crippen LogP contribution < -0.4 is 15.4 Å². The van der Waals surface area contributed by atoms with Crippen molar-refractivity contribution in [1.82, 2.24) is 14.9 Å². The maximum absolute atomic E-state index is 11.6. The summed E-state index contributed by atoms with van der Waals surface area (Å²) in [7, 11) is 4.08. The summed E-state index contributed by atoms with van der Waals surface area (Å²) in [5.74, 6) is 1.17. The molecule has 0 aliphatic rings. The summed E-state index contributed by atoms with van der Waals surface area (Å²) >= 11 is 1.51. The first-order valence-corrected chi connectivity index (χ1v) is 10.9. The predicted octanol–water partition coefficient (Wildman–Crippen LogP) is 5.41. The third-order valence-electron chi connectivity index (χ3n) is 4.48. The van der Waals surface area contributed by atoms with Crippen LogP contribution in [0.4, 0.5) is 17.3 Å². The first kappa shape index (κ1) is 21.5. The van der Waals surface area contributed by atoms with Crippen molar-refractivity contribution in [3.8, 4) is 11.6 Å². The second kappa shape index (κ2) is 9.59. The van der Waals surface area contributed by atoms with Crippen LogP contribution in [0.2, 0.25) is 0 Å². The van der Waals surface area contributed by atoms with Gasteiger partial charge in [0.15, 0.2) is 0 Å². The molecule has 2 aromatic heterocycles. The van der Waals surface area contributed by atoms with Crippen molar-refractivity contribution in [2.24, 2.45) is 0 Å². The first-order chi connectivity index (χ1) is 15.5. The molecule has 0 unspecified atom stereocenters. The Kier molecular flexibility index (Phi) is 6.44. The van der Waals surface area contributed by atoms with Gasteiger partial charge in [0.05, 0.1) is 5.52 Å². The van der Waals surface area contributed by atoms with Gasteiger partial charge in [-0.05, 0) is 61.4 Å². The zero-order chi connectivity index (χ0) is 22.5. The summed E-state index contributed by atoms with van der Waals surface area (Å²) in [4.78, 5) is 22.9. The fraction of sp³-hybridized carbons (Fsp3) is 0.125. The molecule has 4 aromatic rings. The van der Waals surface area contributed by atoms with Crippen LogP contribution in [0.3, 0.4) is 0 Å². The molecule has 4 rings (SSSR count). The second-order valence-electron chi connectivity index (χ2n) is 7.37. The van der Waals surface area contributed by atoms with Crippen LogP contribution in [0, 0.1) is 0 Å². The van der Waals surface area contributed by atoms with E-state index in [-0.39, 0.29) is 5.91 Å². The number of anilines is 3. The van der Waals surface area contributed by atoms with Crippen molar-refractivity contribution < 1.29 is 9.53 Å². The Bertz CT molecular complexity index is 1250. The number of hydrogen-bond donors (Lipinski definition) is 2. The molecule has 7 nitrogen and oxygen atoms in total. The number of ether oxygens (including phenoxy) is 1. The average Bonchev–Trinajstić information content (AvgIpc) is 3.24. The van der Waals surface area contributed by atoms with E-state index in [0.29, 0.717) is 23.3 Å². The Balaban J connectivity index is 1.58. The quantitative estimate of drug-likeness (QED) is 0.353. The van der Waals surface area contributed by atoms with Crippen LogP contribution >= 0.6 is 11.3 Å². The van der Waals surface area contributed by atoms with Gasteiger partial charge in [-0.1, -0.05) is 24.8 Å². The number of hydrogen-bond acceptors (Lipinski definition) is 7. The van der Waals surface area contributed by atoms with Gasteiger partial charge in [-0.25, -0.2) is 4.98 Å². The molecule has 0 radical (unpaired) electrons. The van der Waals surface area contributed by atoms with Crippen LogP contribution in [-0.4, -0.2) is 34.9 Å². The van der Waals surface area contributed by atoms with Gasteiger partial charge in [-0.2, -0.15) is 4.98 Å². The van der Waals surface area contributed by atoms with Gasteiger partial charge in [0.1, 0.15) is 10.4 Å². The summed E-state index contributed by atoms with van der Waals surface area (Å²) in [5, 5.41) is 7.94. The highest BCUT2D eigenvalue weighted by Crippen LogP contribution is 2.33. The van der Waals surface area contributed by atoms with Gasteiger partial charge in [0.2, 0.25) is 17.7 Å². The number of rotatable bonds is 8. The molecular formula is C24H23N5O2S. The van der Waals surface area contributed by atoms with E-state index < -0.39 is 0 Å². The van der Waals surface area contributed by atoms with Gasteiger partial charge in [0.25, 0.3) is 0 Å². The smallest absolute Gasteiger partial charge is 0.247 e. The Hall–Kier alpha value is -3.75. The molecule has 32 heavy (non-hydrogen) atoms. The molecule has 2 heterocycles. The summed E-state index contributed by atoms with van der Waals surface area (Å²) < 4.78 is 6.93. The van der Waals surface area contributed by atoms with Crippen molar-refractivity contribution >= 4 is 44.8 Å². The van der Waals surface area contributed by atoms with E-state index in [1.165, 1.54) is 23.0 Å². The normalized spacial score (nSPS) is 10.8. The average molecular weight is 446 g/mol. The standard InChI is InChI=1S/C24H23N5O2S/c1-4-21(30)25-18-6-5-7-19(14-18)31-23-22-20(12-13-32-22)27-24(28-23)26-17-10-8-16(9-11-17)15-29(2)3/h4-14H,1,15H2,2-3H3,(H,25,30)(H,26,27,28). The van der Waals surface area contributed by atoms with Crippen LogP contribution in [0.1, 0.15) is 5.56 Å². The summed E-state index contributed by atoms with van der Waals surface area (Å²) in [6, 6.07) is 17.2. The fourth-order valence-corrected chi connectivity index (χ4v) is 3.85. The number of amides is 1. The Morgan fingerprint density at radius 3 is 2.69 bits per heavy atom. The van der Waals surface area contributed by atoms with E-state index in [2.05, 4.69) is 44.2 Å². The number of thiophene rings is 1.